The molecule has 4 heteroatoms. The number of nitrogens with zero attached hydrogens (tertiary/aromatic N) is 1. The van der Waals surface area contributed by atoms with Gasteiger partial charge in [0.1, 0.15) is 11.5 Å². The van der Waals surface area contributed by atoms with Gasteiger partial charge in [-0.15, -0.1) is 0 Å². The molecule has 0 saturated carbocycles. The van der Waals surface area contributed by atoms with Crippen molar-refractivity contribution in [2.75, 3.05) is 11.9 Å². The number of nitrogens with one attached hydrogen (secondary N) is 1. The van der Waals surface area contributed by atoms with Crippen LogP contribution in [0, 0.1) is 0 Å². The van der Waals surface area contributed by atoms with Gasteiger partial charge in [-0.3, -0.25) is 9.79 Å². The Morgan fingerprint density at radius 3 is 2.60 bits per heavy atom. The average molecular weight is 266 g/mol. The fourth-order valence-corrected chi connectivity index (χ4v) is 2.22. The third-order valence-corrected chi connectivity index (χ3v) is 3.25. The minimum absolute atomic E-state index is 0.142. The molecule has 20 heavy (non-hydrogen) atoms. The first kappa shape index (κ1) is 12.4. The number of amides is 1. The molecular formula is C16H14N2O2. The van der Waals surface area contributed by atoms with Crippen LogP contribution >= 0.6 is 0 Å². The number of fused-ring (bicyclic) bond motifs is 1. The van der Waals surface area contributed by atoms with Gasteiger partial charge in [-0.2, -0.15) is 0 Å². The maximum absolute atomic E-state index is 11.8. The molecule has 0 radical (unpaired) electrons. The molecule has 4 nitrogen and oxygen atoms in total. The monoisotopic (exact) mass is 266 g/mol. The van der Waals surface area contributed by atoms with Crippen LogP contribution in [0.2, 0.25) is 0 Å². The third-order valence-electron chi connectivity index (χ3n) is 3.25. The van der Waals surface area contributed by atoms with Gasteiger partial charge in [0.25, 0.3) is 5.91 Å². The van der Waals surface area contributed by atoms with Crippen molar-refractivity contribution in [3.63, 3.8) is 0 Å². The fourth-order valence-electron chi connectivity index (χ4n) is 2.22. The summed E-state index contributed by atoms with van der Waals surface area (Å²) in [7, 11) is 0. The number of benzene rings is 2. The number of aliphatic imine (C=N–C) groups is 1. The maximum Gasteiger partial charge on any atom is 0.274 e. The van der Waals surface area contributed by atoms with Crippen molar-refractivity contribution in [2.24, 2.45) is 4.99 Å². The van der Waals surface area contributed by atoms with E-state index in [-0.39, 0.29) is 11.7 Å². The lowest BCUT2D eigenvalue weighted by molar-refractivity contribution is -0.110. The summed E-state index contributed by atoms with van der Waals surface area (Å²) in [5.74, 6) is 0.112. The van der Waals surface area contributed by atoms with E-state index in [4.69, 9.17) is 0 Å². The zero-order chi connectivity index (χ0) is 13.9. The molecule has 2 N–H and O–H groups in total. The molecule has 1 heterocycles. The molecule has 3 rings (SSSR count). The largest absolute Gasteiger partial charge is 0.508 e. The number of hydrogen-bond donors (Lipinski definition) is 2. The molecule has 0 aliphatic carbocycles. The summed E-state index contributed by atoms with van der Waals surface area (Å²) in [6.07, 6.45) is 0.735. The van der Waals surface area contributed by atoms with Crippen molar-refractivity contribution in [2.45, 2.75) is 6.42 Å². The Bertz CT molecular complexity index is 675. The zero-order valence-corrected chi connectivity index (χ0v) is 10.8. The van der Waals surface area contributed by atoms with E-state index >= 15 is 0 Å². The molecule has 0 aromatic heterocycles. The number of anilines is 1. The van der Waals surface area contributed by atoms with Crippen molar-refractivity contribution in [1.29, 1.82) is 0 Å². The van der Waals surface area contributed by atoms with Gasteiger partial charge in [-0.25, -0.2) is 0 Å². The maximum atomic E-state index is 11.8. The summed E-state index contributed by atoms with van der Waals surface area (Å²) in [6.45, 7) is 0.544. The van der Waals surface area contributed by atoms with Crippen LogP contribution in [0.1, 0.15) is 11.1 Å². The van der Waals surface area contributed by atoms with Crippen LogP contribution in [-0.2, 0) is 11.2 Å². The number of carbonyl (C=O) groups is 1. The Morgan fingerprint density at radius 2 is 1.80 bits per heavy atom. The number of para-hydroxylation sites is 1. The van der Waals surface area contributed by atoms with Crippen LogP contribution in [0.15, 0.2) is 53.5 Å². The molecule has 0 saturated heterocycles. The summed E-state index contributed by atoms with van der Waals surface area (Å²) in [5, 5.41) is 12.0. The lowest BCUT2D eigenvalue weighted by Gasteiger charge is -2.00. The second-order valence-electron chi connectivity index (χ2n) is 4.65. The van der Waals surface area contributed by atoms with Gasteiger partial charge in [-0.05, 0) is 30.2 Å². The number of aromatic hydroxyl groups is 1. The Hall–Kier alpha value is -2.62. The summed E-state index contributed by atoms with van der Waals surface area (Å²) in [6, 6.07) is 14.6. The van der Waals surface area contributed by atoms with E-state index in [1.807, 2.05) is 36.4 Å². The first-order valence-electron chi connectivity index (χ1n) is 6.47. The van der Waals surface area contributed by atoms with Gasteiger partial charge in [0.15, 0.2) is 0 Å². The minimum Gasteiger partial charge on any atom is -0.508 e. The highest BCUT2D eigenvalue weighted by Gasteiger charge is 2.24. The average Bonchev–Trinajstić information content (AvgIpc) is 2.77. The van der Waals surface area contributed by atoms with E-state index in [1.54, 1.807) is 12.1 Å². The van der Waals surface area contributed by atoms with E-state index in [1.165, 1.54) is 0 Å². The summed E-state index contributed by atoms with van der Waals surface area (Å²) >= 11 is 0. The van der Waals surface area contributed by atoms with Crippen molar-refractivity contribution in [3.8, 4) is 5.75 Å². The quantitative estimate of drug-likeness (QED) is 0.896. The smallest absolute Gasteiger partial charge is 0.274 e. The zero-order valence-electron chi connectivity index (χ0n) is 10.8. The molecular weight excluding hydrogens is 252 g/mol. The first-order chi connectivity index (χ1) is 9.74. The second-order valence-corrected chi connectivity index (χ2v) is 4.65. The number of hydrogen-bond acceptors (Lipinski definition) is 3. The highest BCUT2D eigenvalue weighted by molar-refractivity contribution is 6.53. The first-order valence-corrected chi connectivity index (χ1v) is 6.47. The number of rotatable bonds is 3. The second kappa shape index (κ2) is 5.17. The molecule has 2 aromatic rings. The van der Waals surface area contributed by atoms with Crippen LogP contribution < -0.4 is 5.32 Å². The van der Waals surface area contributed by atoms with Gasteiger partial charge >= 0.3 is 0 Å². The highest BCUT2D eigenvalue weighted by Crippen LogP contribution is 2.22. The minimum atomic E-state index is -0.142. The van der Waals surface area contributed by atoms with Gasteiger partial charge < -0.3 is 10.4 Å². The van der Waals surface area contributed by atoms with Crippen molar-refractivity contribution >= 4 is 17.3 Å². The predicted octanol–water partition coefficient (Wildman–Crippen LogP) is 2.38. The van der Waals surface area contributed by atoms with Crippen molar-refractivity contribution in [3.05, 3.63) is 59.7 Å². The van der Waals surface area contributed by atoms with Gasteiger partial charge in [-0.1, -0.05) is 30.3 Å². The Balaban J connectivity index is 1.73. The van der Waals surface area contributed by atoms with E-state index in [9.17, 15) is 9.90 Å². The molecule has 0 spiro atoms. The van der Waals surface area contributed by atoms with Crippen molar-refractivity contribution < 1.29 is 9.90 Å². The highest BCUT2D eigenvalue weighted by atomic mass is 16.3. The van der Waals surface area contributed by atoms with Crippen molar-refractivity contribution in [1.82, 2.24) is 0 Å². The number of phenols is 1. The summed E-state index contributed by atoms with van der Waals surface area (Å²) < 4.78 is 0. The van der Waals surface area contributed by atoms with E-state index in [0.717, 1.165) is 23.2 Å². The molecule has 0 atom stereocenters. The Morgan fingerprint density at radius 1 is 1.05 bits per heavy atom. The molecule has 2 aromatic carbocycles. The van der Waals surface area contributed by atoms with Crippen LogP contribution in [0.3, 0.4) is 0 Å². The Labute approximate surface area is 116 Å². The third kappa shape index (κ3) is 2.40. The predicted molar refractivity (Wildman–Crippen MR) is 78.3 cm³/mol. The lowest BCUT2D eigenvalue weighted by atomic mass is 10.1. The molecule has 0 unspecified atom stereocenters. The van der Waals surface area contributed by atoms with Crippen LogP contribution in [0.5, 0.6) is 5.75 Å². The van der Waals surface area contributed by atoms with Gasteiger partial charge in [0, 0.05) is 12.1 Å². The van der Waals surface area contributed by atoms with E-state index in [2.05, 4.69) is 10.3 Å². The number of phenolic OH excluding ortho intramolecular Hbond substituents is 1. The normalized spacial score (nSPS) is 15.2. The molecule has 1 amide bonds. The standard InChI is InChI=1S/C16H14N2O2/c19-12-7-5-11(6-8-12)9-10-17-15-13-3-1-2-4-14(13)18-16(15)20/h1-8,19H,9-10H2,(H,17,18,20). The van der Waals surface area contributed by atoms with E-state index < -0.39 is 0 Å². The van der Waals surface area contributed by atoms with Crippen LogP contribution in [0.4, 0.5) is 5.69 Å². The fraction of sp³-hybridized carbons (Fsp3) is 0.125. The van der Waals surface area contributed by atoms with Crippen LogP contribution in [-0.4, -0.2) is 23.3 Å². The van der Waals surface area contributed by atoms with E-state index in [0.29, 0.717) is 12.3 Å². The molecule has 0 bridgehead atoms. The number of carbonyl (C=O) groups excluding carboxylic acids is 1. The topological polar surface area (TPSA) is 61.7 Å². The Kier molecular flexibility index (Phi) is 3.21. The molecule has 1 aliphatic rings. The molecule has 1 aliphatic heterocycles. The molecule has 100 valence electrons. The van der Waals surface area contributed by atoms with Gasteiger partial charge in [0.05, 0.1) is 5.69 Å². The van der Waals surface area contributed by atoms with Gasteiger partial charge in [0.2, 0.25) is 0 Å². The van der Waals surface area contributed by atoms with Crippen LogP contribution in [0.25, 0.3) is 0 Å². The summed E-state index contributed by atoms with van der Waals surface area (Å²) in [4.78, 5) is 16.2. The SMILES string of the molecule is O=C1Nc2ccccc2C1=NCCc1ccc(O)cc1. The lowest BCUT2D eigenvalue weighted by Crippen LogP contribution is -2.15. The molecule has 0 fully saturated rings. The summed E-state index contributed by atoms with van der Waals surface area (Å²) in [5.41, 5.74) is 3.27.